The number of nitriles is 1. The lowest BCUT2D eigenvalue weighted by atomic mass is 10.1. The Balaban J connectivity index is 3.05. The smallest absolute Gasteiger partial charge is 0.312 e. The summed E-state index contributed by atoms with van der Waals surface area (Å²) in [5, 5.41) is 22.5. The largest absolute Gasteiger partial charge is 0.361 e. The van der Waals surface area contributed by atoms with Crippen molar-refractivity contribution in [2.75, 3.05) is 5.32 Å². The molecule has 0 aromatic carbocycles. The topological polar surface area (TPSA) is 91.8 Å². The molecule has 1 heterocycles. The van der Waals surface area contributed by atoms with Crippen molar-refractivity contribution >= 4 is 11.5 Å². The molecule has 6 nitrogen and oxygen atoms in total. The van der Waals surface area contributed by atoms with Crippen molar-refractivity contribution in [1.29, 1.82) is 5.26 Å². The summed E-state index contributed by atoms with van der Waals surface area (Å²) in [7, 11) is 0. The standard InChI is InChI=1S/C12H12N4O2/c1-3-5-10(4-2)15-12-11(16(17)18)6-9(7-13)8-14-12/h1,6,8,10H,4-5H2,2H3,(H,14,15). The third-order valence-corrected chi connectivity index (χ3v) is 2.39. The number of nitrogens with one attached hydrogen (secondary N) is 1. The Morgan fingerprint density at radius 2 is 2.44 bits per heavy atom. The molecule has 0 bridgehead atoms. The first-order valence-electron chi connectivity index (χ1n) is 5.36. The van der Waals surface area contributed by atoms with Crippen LogP contribution in [0.2, 0.25) is 0 Å². The molecular weight excluding hydrogens is 232 g/mol. The van der Waals surface area contributed by atoms with Gasteiger partial charge in [-0.3, -0.25) is 10.1 Å². The second-order valence-corrected chi connectivity index (χ2v) is 3.62. The third-order valence-electron chi connectivity index (χ3n) is 2.39. The van der Waals surface area contributed by atoms with E-state index in [0.29, 0.717) is 6.42 Å². The van der Waals surface area contributed by atoms with E-state index in [9.17, 15) is 10.1 Å². The van der Waals surface area contributed by atoms with E-state index >= 15 is 0 Å². The number of terminal acetylenes is 1. The molecule has 18 heavy (non-hydrogen) atoms. The first-order chi connectivity index (χ1) is 8.62. The lowest BCUT2D eigenvalue weighted by Gasteiger charge is -2.14. The van der Waals surface area contributed by atoms with Crippen LogP contribution in [0.5, 0.6) is 0 Å². The predicted molar refractivity (Wildman–Crippen MR) is 66.8 cm³/mol. The van der Waals surface area contributed by atoms with Gasteiger partial charge in [-0.25, -0.2) is 4.98 Å². The van der Waals surface area contributed by atoms with Crippen LogP contribution in [-0.2, 0) is 0 Å². The highest BCUT2D eigenvalue weighted by Crippen LogP contribution is 2.24. The highest BCUT2D eigenvalue weighted by atomic mass is 16.6. The number of hydrogen-bond donors (Lipinski definition) is 1. The van der Waals surface area contributed by atoms with Gasteiger partial charge in [0, 0.05) is 24.7 Å². The van der Waals surface area contributed by atoms with Gasteiger partial charge in [-0.05, 0) is 6.42 Å². The number of anilines is 1. The van der Waals surface area contributed by atoms with Gasteiger partial charge in [0.25, 0.3) is 0 Å². The maximum atomic E-state index is 10.9. The quantitative estimate of drug-likeness (QED) is 0.486. The molecular formula is C12H12N4O2. The molecule has 6 heteroatoms. The maximum absolute atomic E-state index is 10.9. The Morgan fingerprint density at radius 3 is 2.94 bits per heavy atom. The Hall–Kier alpha value is -2.60. The minimum atomic E-state index is -0.571. The van der Waals surface area contributed by atoms with Crippen molar-refractivity contribution < 1.29 is 4.92 Å². The van der Waals surface area contributed by atoms with Gasteiger partial charge >= 0.3 is 5.69 Å². The van der Waals surface area contributed by atoms with E-state index in [4.69, 9.17) is 11.7 Å². The van der Waals surface area contributed by atoms with E-state index < -0.39 is 4.92 Å². The van der Waals surface area contributed by atoms with Gasteiger partial charge in [0.15, 0.2) is 0 Å². The van der Waals surface area contributed by atoms with Crippen LogP contribution in [0.15, 0.2) is 12.3 Å². The van der Waals surface area contributed by atoms with Gasteiger partial charge in [-0.15, -0.1) is 12.3 Å². The van der Waals surface area contributed by atoms with Crippen LogP contribution < -0.4 is 5.32 Å². The van der Waals surface area contributed by atoms with Crippen LogP contribution in [0, 0.1) is 33.8 Å². The lowest BCUT2D eigenvalue weighted by Crippen LogP contribution is -2.19. The molecule has 1 unspecified atom stereocenters. The summed E-state index contributed by atoms with van der Waals surface area (Å²) in [6.07, 6.45) is 7.68. The van der Waals surface area contributed by atoms with E-state index in [0.717, 1.165) is 6.42 Å². The minimum Gasteiger partial charge on any atom is -0.361 e. The summed E-state index contributed by atoms with van der Waals surface area (Å²) >= 11 is 0. The Morgan fingerprint density at radius 1 is 1.72 bits per heavy atom. The van der Waals surface area contributed by atoms with Gasteiger partial charge in [-0.1, -0.05) is 6.92 Å². The summed E-state index contributed by atoms with van der Waals surface area (Å²) in [6, 6.07) is 2.93. The number of nitrogens with zero attached hydrogens (tertiary/aromatic N) is 3. The van der Waals surface area contributed by atoms with Crippen molar-refractivity contribution in [2.24, 2.45) is 0 Å². The van der Waals surface area contributed by atoms with E-state index in [2.05, 4.69) is 16.2 Å². The fourth-order valence-electron chi connectivity index (χ4n) is 1.40. The first-order valence-corrected chi connectivity index (χ1v) is 5.36. The molecule has 0 aliphatic carbocycles. The van der Waals surface area contributed by atoms with Crippen molar-refractivity contribution in [3.05, 3.63) is 27.9 Å². The lowest BCUT2D eigenvalue weighted by molar-refractivity contribution is -0.384. The predicted octanol–water partition coefficient (Wildman–Crippen LogP) is 2.08. The number of pyridine rings is 1. The van der Waals surface area contributed by atoms with Crippen LogP contribution in [0.1, 0.15) is 25.3 Å². The molecule has 0 amide bonds. The summed E-state index contributed by atoms with van der Waals surface area (Å²) < 4.78 is 0. The average molecular weight is 244 g/mol. The van der Waals surface area contributed by atoms with E-state index in [1.165, 1.54) is 12.3 Å². The molecule has 0 aliphatic heterocycles. The van der Waals surface area contributed by atoms with E-state index in [-0.39, 0.29) is 23.1 Å². The van der Waals surface area contributed by atoms with Crippen molar-refractivity contribution in [2.45, 2.75) is 25.8 Å². The molecule has 0 aliphatic rings. The first kappa shape index (κ1) is 13.5. The molecule has 1 rings (SSSR count). The van der Waals surface area contributed by atoms with Gasteiger partial charge in [-0.2, -0.15) is 5.26 Å². The molecule has 0 radical (unpaired) electrons. The zero-order valence-electron chi connectivity index (χ0n) is 9.88. The van der Waals surface area contributed by atoms with Crippen molar-refractivity contribution in [3.8, 4) is 18.4 Å². The molecule has 1 aromatic heterocycles. The Bertz CT molecular complexity index is 528. The van der Waals surface area contributed by atoms with Crippen LogP contribution in [0.3, 0.4) is 0 Å². The maximum Gasteiger partial charge on any atom is 0.312 e. The second-order valence-electron chi connectivity index (χ2n) is 3.62. The van der Waals surface area contributed by atoms with Gasteiger partial charge < -0.3 is 5.32 Å². The summed E-state index contributed by atoms with van der Waals surface area (Å²) in [5.74, 6) is 2.64. The number of rotatable bonds is 5. The normalized spacial score (nSPS) is 11.1. The number of aromatic nitrogens is 1. The zero-order valence-corrected chi connectivity index (χ0v) is 9.88. The molecule has 0 saturated heterocycles. The molecule has 92 valence electrons. The van der Waals surface area contributed by atoms with Crippen LogP contribution >= 0.6 is 0 Å². The fourth-order valence-corrected chi connectivity index (χ4v) is 1.40. The highest BCUT2D eigenvalue weighted by Gasteiger charge is 2.18. The summed E-state index contributed by atoms with van der Waals surface area (Å²) in [4.78, 5) is 14.2. The van der Waals surface area contributed by atoms with Gasteiger partial charge in [0.05, 0.1) is 10.5 Å². The molecule has 1 aromatic rings. The Labute approximate surface area is 105 Å². The average Bonchev–Trinajstić information content (AvgIpc) is 2.38. The van der Waals surface area contributed by atoms with Crippen molar-refractivity contribution in [1.82, 2.24) is 4.98 Å². The molecule has 0 spiro atoms. The fraction of sp³-hybridized carbons (Fsp3) is 0.333. The van der Waals surface area contributed by atoms with Gasteiger partial charge in [0.1, 0.15) is 6.07 Å². The third kappa shape index (κ3) is 3.19. The van der Waals surface area contributed by atoms with Crippen LogP contribution in [0.4, 0.5) is 11.5 Å². The zero-order chi connectivity index (χ0) is 13.5. The molecule has 1 N–H and O–H groups in total. The summed E-state index contributed by atoms with van der Waals surface area (Å²) in [6.45, 7) is 1.92. The second kappa shape index (κ2) is 6.21. The number of hydrogen-bond acceptors (Lipinski definition) is 5. The van der Waals surface area contributed by atoms with E-state index in [1.54, 1.807) is 0 Å². The monoisotopic (exact) mass is 244 g/mol. The number of nitro groups is 1. The van der Waals surface area contributed by atoms with E-state index in [1.807, 2.05) is 13.0 Å². The van der Waals surface area contributed by atoms with Gasteiger partial charge in [0.2, 0.25) is 5.82 Å². The summed E-state index contributed by atoms with van der Waals surface area (Å²) in [5.41, 5.74) is -0.0678. The molecule has 1 atom stereocenters. The minimum absolute atomic E-state index is 0.0749. The van der Waals surface area contributed by atoms with Crippen LogP contribution in [-0.4, -0.2) is 15.9 Å². The van der Waals surface area contributed by atoms with Crippen LogP contribution in [0.25, 0.3) is 0 Å². The Kier molecular flexibility index (Phi) is 4.65. The van der Waals surface area contributed by atoms with Crippen molar-refractivity contribution in [3.63, 3.8) is 0 Å². The SMILES string of the molecule is C#CCC(CC)Nc1ncc(C#N)cc1[N+](=O)[O-]. The molecule has 0 fully saturated rings. The molecule has 0 saturated carbocycles. The highest BCUT2D eigenvalue weighted by molar-refractivity contribution is 5.58.